The van der Waals surface area contributed by atoms with E-state index in [1.807, 2.05) is 29.2 Å². The van der Waals surface area contributed by atoms with Crippen molar-refractivity contribution >= 4 is 29.2 Å². The van der Waals surface area contributed by atoms with E-state index in [1.165, 1.54) is 13.4 Å². The predicted octanol–water partition coefficient (Wildman–Crippen LogP) is 3.12. The number of nitrogens with one attached hydrogen (secondary N) is 1. The van der Waals surface area contributed by atoms with Gasteiger partial charge in [0.15, 0.2) is 5.82 Å². The van der Waals surface area contributed by atoms with Crippen molar-refractivity contribution in [1.29, 1.82) is 0 Å². The zero-order valence-electron chi connectivity index (χ0n) is 19.3. The molecule has 3 aromatic heterocycles. The number of nitrogens with zero attached hydrogens (tertiary/aromatic N) is 7. The fraction of sp³-hybridized carbons (Fsp3) is 0.375. The molecule has 0 saturated carbocycles. The van der Waals surface area contributed by atoms with Gasteiger partial charge in [0.05, 0.1) is 31.1 Å². The van der Waals surface area contributed by atoms with Gasteiger partial charge in [0.2, 0.25) is 5.88 Å². The van der Waals surface area contributed by atoms with Crippen LogP contribution in [0.1, 0.15) is 12.8 Å². The van der Waals surface area contributed by atoms with E-state index in [4.69, 9.17) is 9.72 Å². The highest BCUT2D eigenvalue weighted by atomic mass is 19.1. The number of carbonyl (C=O) groups excluding carboxylic acids is 1. The van der Waals surface area contributed by atoms with Gasteiger partial charge in [0, 0.05) is 37.5 Å². The smallest absolute Gasteiger partial charge is 0.329 e. The van der Waals surface area contributed by atoms with Gasteiger partial charge in [-0.25, -0.2) is 29.1 Å². The lowest BCUT2D eigenvalue weighted by Gasteiger charge is -2.35. The topological polar surface area (TPSA) is 99.6 Å². The summed E-state index contributed by atoms with van der Waals surface area (Å²) in [6.07, 6.45) is 3.61. The van der Waals surface area contributed by atoms with Crippen LogP contribution >= 0.6 is 0 Å². The van der Waals surface area contributed by atoms with E-state index in [2.05, 4.69) is 25.2 Å². The van der Waals surface area contributed by atoms with Crippen molar-refractivity contribution in [2.75, 3.05) is 53.3 Å². The first-order chi connectivity index (χ1) is 17.1. The lowest BCUT2D eigenvalue weighted by atomic mass is 10.1. The van der Waals surface area contributed by atoms with Crippen LogP contribution in [0.4, 0.5) is 32.3 Å². The van der Waals surface area contributed by atoms with Crippen molar-refractivity contribution in [3.8, 4) is 17.1 Å². The molecule has 2 saturated heterocycles. The summed E-state index contributed by atoms with van der Waals surface area (Å²) in [6.45, 7) is 2.62. The number of urea groups is 1. The largest absolute Gasteiger partial charge is 0.481 e. The maximum atomic E-state index is 13.7. The molecule has 1 N–H and O–H groups in total. The number of rotatable bonds is 4. The average Bonchev–Trinajstić information content (AvgIpc) is 3.51. The summed E-state index contributed by atoms with van der Waals surface area (Å²) in [5.41, 5.74) is 2.52. The molecule has 10 nitrogen and oxygen atoms in total. The minimum atomic E-state index is -0.825. The first-order valence-corrected chi connectivity index (χ1v) is 11.7. The molecular formula is C24H25FN8O2. The van der Waals surface area contributed by atoms with Crippen LogP contribution in [0, 0.1) is 0 Å². The molecule has 3 aliphatic heterocycles. The molecule has 180 valence electrons. The van der Waals surface area contributed by atoms with Gasteiger partial charge in [-0.1, -0.05) is 0 Å². The Morgan fingerprint density at radius 1 is 1.09 bits per heavy atom. The van der Waals surface area contributed by atoms with E-state index in [9.17, 15) is 9.18 Å². The van der Waals surface area contributed by atoms with Crippen LogP contribution in [-0.4, -0.2) is 71.5 Å². The number of hydrogen-bond acceptors (Lipinski definition) is 8. The summed E-state index contributed by atoms with van der Waals surface area (Å²) in [7, 11) is 1.51. The molecule has 0 unspecified atom stereocenters. The van der Waals surface area contributed by atoms with Crippen molar-refractivity contribution in [2.24, 2.45) is 0 Å². The van der Waals surface area contributed by atoms with E-state index in [1.54, 1.807) is 17.2 Å². The number of fused-ring (bicyclic) bond motifs is 4. The molecular weight excluding hydrogens is 451 g/mol. The van der Waals surface area contributed by atoms with Gasteiger partial charge in [0.1, 0.15) is 24.1 Å². The zero-order valence-corrected chi connectivity index (χ0v) is 19.3. The van der Waals surface area contributed by atoms with Gasteiger partial charge in [-0.05, 0) is 37.1 Å². The highest BCUT2D eigenvalue weighted by molar-refractivity contribution is 6.04. The normalized spacial score (nSPS) is 20.7. The van der Waals surface area contributed by atoms with E-state index in [0.717, 1.165) is 42.3 Å². The van der Waals surface area contributed by atoms with E-state index >= 15 is 0 Å². The van der Waals surface area contributed by atoms with Crippen LogP contribution < -0.4 is 24.8 Å². The molecule has 0 aliphatic carbocycles. The lowest BCUT2D eigenvalue weighted by Crippen LogP contribution is -2.48. The second kappa shape index (κ2) is 8.64. The van der Waals surface area contributed by atoms with Crippen LogP contribution in [-0.2, 0) is 0 Å². The Kier molecular flexibility index (Phi) is 5.31. The van der Waals surface area contributed by atoms with Gasteiger partial charge in [-0.3, -0.25) is 10.2 Å². The first kappa shape index (κ1) is 21.5. The molecule has 11 heteroatoms. The van der Waals surface area contributed by atoms with Gasteiger partial charge in [-0.2, -0.15) is 0 Å². The molecule has 6 heterocycles. The van der Waals surface area contributed by atoms with Crippen molar-refractivity contribution < 1.29 is 13.9 Å². The van der Waals surface area contributed by atoms with Crippen molar-refractivity contribution in [2.45, 2.75) is 25.1 Å². The second-order valence-electron chi connectivity index (χ2n) is 8.91. The van der Waals surface area contributed by atoms with Crippen molar-refractivity contribution in [3.63, 3.8) is 0 Å². The Balaban J connectivity index is 1.33. The van der Waals surface area contributed by atoms with Crippen LogP contribution in [0.2, 0.25) is 0 Å². The quantitative estimate of drug-likeness (QED) is 0.613. The molecule has 6 rings (SSSR count). The maximum Gasteiger partial charge on any atom is 0.329 e. The summed E-state index contributed by atoms with van der Waals surface area (Å²) < 4.78 is 18.9. The second-order valence-corrected chi connectivity index (χ2v) is 8.91. The van der Waals surface area contributed by atoms with Gasteiger partial charge < -0.3 is 14.5 Å². The molecule has 0 spiro atoms. The van der Waals surface area contributed by atoms with Crippen LogP contribution in [0.3, 0.4) is 0 Å². The van der Waals surface area contributed by atoms with E-state index in [-0.39, 0.29) is 12.1 Å². The Labute approximate surface area is 201 Å². The Bertz CT molecular complexity index is 1270. The highest BCUT2D eigenvalue weighted by Gasteiger charge is 2.40. The van der Waals surface area contributed by atoms with Gasteiger partial charge in [-0.15, -0.1) is 0 Å². The SMILES string of the molecule is COc1cc(NC(=O)N2c3nc(-c4ccnc(N5CC[C@@H](F)C5)c4)ccc3N3CC[C@H]2C3)ncn1. The summed E-state index contributed by atoms with van der Waals surface area (Å²) in [6, 6.07) is 9.08. The molecule has 0 radical (unpaired) electrons. The predicted molar refractivity (Wildman–Crippen MR) is 130 cm³/mol. The molecule has 2 amide bonds. The number of aromatic nitrogens is 4. The van der Waals surface area contributed by atoms with E-state index in [0.29, 0.717) is 37.0 Å². The first-order valence-electron chi connectivity index (χ1n) is 11.7. The van der Waals surface area contributed by atoms with Crippen LogP contribution in [0.15, 0.2) is 42.9 Å². The van der Waals surface area contributed by atoms with Crippen molar-refractivity contribution in [3.05, 3.63) is 42.9 Å². The summed E-state index contributed by atoms with van der Waals surface area (Å²) in [5.74, 6) is 2.07. The van der Waals surface area contributed by atoms with Gasteiger partial charge in [0.25, 0.3) is 0 Å². The number of methoxy groups -OCH3 is 1. The number of amides is 2. The minimum Gasteiger partial charge on any atom is -0.481 e. The number of halogens is 1. The molecule has 2 atom stereocenters. The monoisotopic (exact) mass is 476 g/mol. The fourth-order valence-corrected chi connectivity index (χ4v) is 5.00. The molecule has 2 fully saturated rings. The Morgan fingerprint density at radius 3 is 2.80 bits per heavy atom. The number of anilines is 4. The van der Waals surface area contributed by atoms with Crippen LogP contribution in [0.5, 0.6) is 5.88 Å². The third-order valence-electron chi connectivity index (χ3n) is 6.75. The zero-order chi connectivity index (χ0) is 23.9. The van der Waals surface area contributed by atoms with Crippen molar-refractivity contribution in [1.82, 2.24) is 19.9 Å². The third kappa shape index (κ3) is 3.96. The van der Waals surface area contributed by atoms with E-state index < -0.39 is 6.17 Å². The number of alkyl halides is 1. The maximum absolute atomic E-state index is 13.7. The number of carbonyl (C=O) groups is 1. The molecule has 3 aliphatic rings. The highest BCUT2D eigenvalue weighted by Crippen LogP contribution is 2.40. The molecule has 35 heavy (non-hydrogen) atoms. The summed E-state index contributed by atoms with van der Waals surface area (Å²) in [5, 5.41) is 2.86. The van der Waals surface area contributed by atoms with Crippen LogP contribution in [0.25, 0.3) is 11.3 Å². The Hall–Kier alpha value is -4.02. The Morgan fingerprint density at radius 2 is 1.97 bits per heavy atom. The standard InChI is InChI=1S/C24H25FN8O2/c1-35-22-11-20(27-14-28-22)30-24(34)33-17-6-9-31(13-17)19-3-2-18(29-23(19)33)15-4-7-26-21(10-15)32-8-5-16(25)12-32/h2-4,7,10-11,14,16-17H,5-6,8-9,12-13H2,1H3,(H,27,28,30,34)/t16-,17+/m1/s1. The summed E-state index contributed by atoms with van der Waals surface area (Å²) in [4.78, 5) is 36.9. The summed E-state index contributed by atoms with van der Waals surface area (Å²) >= 11 is 0. The average molecular weight is 477 g/mol. The number of hydrogen-bond donors (Lipinski definition) is 1. The molecule has 3 aromatic rings. The van der Waals surface area contributed by atoms with Gasteiger partial charge >= 0.3 is 6.03 Å². The number of ether oxygens (including phenoxy) is 1. The fourth-order valence-electron chi connectivity index (χ4n) is 5.00. The minimum absolute atomic E-state index is 0.00747. The molecule has 0 aromatic carbocycles. The molecule has 2 bridgehead atoms. The third-order valence-corrected chi connectivity index (χ3v) is 6.75. The lowest BCUT2D eigenvalue weighted by molar-refractivity contribution is 0.254. The number of pyridine rings is 2.